The quantitative estimate of drug-likeness (QED) is 0.307. The molecule has 37 heavy (non-hydrogen) atoms. The molecule has 0 radical (unpaired) electrons. The SMILES string of the molecule is CSC[C@H]1C[C@@H](Oc2ncc(C(C)N)c3cc(Nc4ccc(C)c(C(C)C(C)(C)OC=O)n4)ncc23)C1. The van der Waals surface area contributed by atoms with Crippen molar-refractivity contribution in [1.29, 1.82) is 0 Å². The Labute approximate surface area is 223 Å². The van der Waals surface area contributed by atoms with Gasteiger partial charge >= 0.3 is 0 Å². The molecule has 3 N–H and O–H groups in total. The predicted octanol–water partition coefficient (Wildman–Crippen LogP) is 5.67. The van der Waals surface area contributed by atoms with Crippen LogP contribution < -0.4 is 15.8 Å². The van der Waals surface area contributed by atoms with Gasteiger partial charge in [-0.3, -0.25) is 4.79 Å². The van der Waals surface area contributed by atoms with E-state index in [1.807, 2.05) is 70.8 Å². The zero-order chi connectivity index (χ0) is 26.7. The molecule has 4 rings (SSSR count). The smallest absolute Gasteiger partial charge is 0.293 e. The van der Waals surface area contributed by atoms with Crippen molar-refractivity contribution in [3.8, 4) is 5.88 Å². The average molecular weight is 524 g/mol. The standard InChI is InChI=1S/C28H37N5O3S/c1-16-7-8-24(33-26(16)17(2)28(4,5)35-15-34)32-25-11-21-22(18(3)29)12-31-27(23(21)13-30-25)36-20-9-19(10-20)14-37-6/h7-8,11-13,15,17-20H,9-10,14,29H2,1-6H3,(H,30,32,33)/t17?,18?,19-,20+. The normalized spacial score (nSPS) is 19.1. The van der Waals surface area contributed by atoms with Crippen molar-refractivity contribution in [3.63, 3.8) is 0 Å². The van der Waals surface area contributed by atoms with Gasteiger partial charge in [0.25, 0.3) is 6.47 Å². The van der Waals surface area contributed by atoms with E-state index >= 15 is 0 Å². The molecule has 0 amide bonds. The molecule has 1 aliphatic rings. The van der Waals surface area contributed by atoms with E-state index in [9.17, 15) is 4.79 Å². The Kier molecular flexibility index (Phi) is 8.23. The van der Waals surface area contributed by atoms with Crippen LogP contribution in [0.3, 0.4) is 0 Å². The third-order valence-corrected chi connectivity index (χ3v) is 8.13. The van der Waals surface area contributed by atoms with Gasteiger partial charge in [0, 0.05) is 24.4 Å². The Balaban J connectivity index is 1.61. The summed E-state index contributed by atoms with van der Waals surface area (Å²) >= 11 is 1.88. The highest BCUT2D eigenvalue weighted by Gasteiger charge is 2.32. The van der Waals surface area contributed by atoms with Crippen LogP contribution in [0.5, 0.6) is 5.88 Å². The Hall–Kier alpha value is -2.91. The first-order valence-corrected chi connectivity index (χ1v) is 14.1. The molecule has 1 aliphatic carbocycles. The van der Waals surface area contributed by atoms with Gasteiger partial charge < -0.3 is 20.5 Å². The molecule has 3 heterocycles. The second-order valence-corrected chi connectivity index (χ2v) is 11.4. The second kappa shape index (κ2) is 11.2. The number of aryl methyl sites for hydroxylation is 1. The molecule has 2 unspecified atom stereocenters. The number of hydrogen-bond donors (Lipinski definition) is 2. The molecule has 198 valence electrons. The van der Waals surface area contributed by atoms with Gasteiger partial charge in [-0.15, -0.1) is 0 Å². The highest BCUT2D eigenvalue weighted by Crippen LogP contribution is 2.37. The van der Waals surface area contributed by atoms with Crippen molar-refractivity contribution in [2.24, 2.45) is 11.7 Å². The Bertz CT molecular complexity index is 1260. The van der Waals surface area contributed by atoms with Gasteiger partial charge in [0.15, 0.2) is 0 Å². The summed E-state index contributed by atoms with van der Waals surface area (Å²) in [6.45, 7) is 10.2. The minimum absolute atomic E-state index is 0.110. The van der Waals surface area contributed by atoms with Crippen LogP contribution in [0, 0.1) is 12.8 Å². The number of ether oxygens (including phenoxy) is 2. The first-order valence-electron chi connectivity index (χ1n) is 12.7. The number of carbonyl (C=O) groups excluding carboxylic acids is 1. The van der Waals surface area contributed by atoms with Crippen LogP contribution in [0.2, 0.25) is 0 Å². The number of thioether (sulfide) groups is 1. The summed E-state index contributed by atoms with van der Waals surface area (Å²) < 4.78 is 11.6. The van der Waals surface area contributed by atoms with Crippen LogP contribution in [0.15, 0.2) is 30.6 Å². The lowest BCUT2D eigenvalue weighted by Gasteiger charge is -2.34. The van der Waals surface area contributed by atoms with Gasteiger partial charge in [0.05, 0.1) is 11.1 Å². The molecule has 3 aromatic heterocycles. The largest absolute Gasteiger partial charge is 0.474 e. The maximum absolute atomic E-state index is 11.0. The molecule has 8 nitrogen and oxygen atoms in total. The minimum atomic E-state index is -0.690. The Morgan fingerprint density at radius 1 is 1.19 bits per heavy atom. The minimum Gasteiger partial charge on any atom is -0.474 e. The van der Waals surface area contributed by atoms with Gasteiger partial charge in [-0.1, -0.05) is 13.0 Å². The number of hydrogen-bond acceptors (Lipinski definition) is 9. The third kappa shape index (κ3) is 5.99. The molecule has 9 heteroatoms. The van der Waals surface area contributed by atoms with E-state index in [4.69, 9.17) is 20.2 Å². The molecule has 1 fully saturated rings. The van der Waals surface area contributed by atoms with Gasteiger partial charge in [0.2, 0.25) is 5.88 Å². The van der Waals surface area contributed by atoms with Crippen LogP contribution in [0.4, 0.5) is 11.6 Å². The van der Waals surface area contributed by atoms with E-state index < -0.39 is 5.60 Å². The molecule has 0 aromatic carbocycles. The lowest BCUT2D eigenvalue weighted by atomic mass is 9.84. The van der Waals surface area contributed by atoms with E-state index in [-0.39, 0.29) is 18.1 Å². The predicted molar refractivity (Wildman–Crippen MR) is 150 cm³/mol. The van der Waals surface area contributed by atoms with Crippen molar-refractivity contribution in [3.05, 3.63) is 47.4 Å². The molecule has 2 atom stereocenters. The van der Waals surface area contributed by atoms with E-state index in [1.54, 1.807) is 6.20 Å². The lowest BCUT2D eigenvalue weighted by molar-refractivity contribution is -0.142. The summed E-state index contributed by atoms with van der Waals surface area (Å²) in [6.07, 6.45) is 8.05. The van der Waals surface area contributed by atoms with E-state index in [0.717, 1.165) is 40.4 Å². The zero-order valence-electron chi connectivity index (χ0n) is 22.4. The van der Waals surface area contributed by atoms with Gasteiger partial charge in [-0.2, -0.15) is 11.8 Å². The fourth-order valence-corrected chi connectivity index (χ4v) is 5.44. The van der Waals surface area contributed by atoms with Gasteiger partial charge in [-0.25, -0.2) is 15.0 Å². The topological polar surface area (TPSA) is 112 Å². The summed E-state index contributed by atoms with van der Waals surface area (Å²) in [5.41, 5.74) is 8.40. The first-order chi connectivity index (χ1) is 17.6. The fraction of sp³-hybridized carbons (Fsp3) is 0.500. The van der Waals surface area contributed by atoms with Crippen LogP contribution in [0.25, 0.3) is 10.8 Å². The summed E-state index contributed by atoms with van der Waals surface area (Å²) in [5, 5.41) is 5.15. The van der Waals surface area contributed by atoms with Crippen molar-refractivity contribution in [1.82, 2.24) is 15.0 Å². The zero-order valence-corrected chi connectivity index (χ0v) is 23.3. The third-order valence-electron chi connectivity index (χ3n) is 7.33. The number of aromatic nitrogens is 3. The Morgan fingerprint density at radius 2 is 1.95 bits per heavy atom. The lowest BCUT2D eigenvalue weighted by Crippen LogP contribution is -2.35. The summed E-state index contributed by atoms with van der Waals surface area (Å²) in [6, 6.07) is 5.70. The van der Waals surface area contributed by atoms with Crippen molar-refractivity contribution in [2.45, 2.75) is 71.1 Å². The highest BCUT2D eigenvalue weighted by molar-refractivity contribution is 7.98. The van der Waals surface area contributed by atoms with Crippen molar-refractivity contribution >= 4 is 40.6 Å². The van der Waals surface area contributed by atoms with Crippen molar-refractivity contribution < 1.29 is 14.3 Å². The molecule has 0 bridgehead atoms. The van der Waals surface area contributed by atoms with Gasteiger partial charge in [-0.05, 0) is 87.1 Å². The number of fused-ring (bicyclic) bond motifs is 1. The Morgan fingerprint density at radius 3 is 2.62 bits per heavy atom. The van der Waals surface area contributed by atoms with Gasteiger partial charge in [0.1, 0.15) is 23.3 Å². The fourth-order valence-electron chi connectivity index (χ4n) is 4.70. The molecule has 0 saturated heterocycles. The molecule has 0 spiro atoms. The van der Waals surface area contributed by atoms with Crippen LogP contribution in [0.1, 0.15) is 69.3 Å². The first kappa shape index (κ1) is 27.1. The average Bonchev–Trinajstić information content (AvgIpc) is 2.83. The monoisotopic (exact) mass is 523 g/mol. The number of carbonyl (C=O) groups is 1. The van der Waals surface area contributed by atoms with Crippen LogP contribution in [-0.2, 0) is 9.53 Å². The summed E-state index contributed by atoms with van der Waals surface area (Å²) in [7, 11) is 0. The van der Waals surface area contributed by atoms with Crippen molar-refractivity contribution in [2.75, 3.05) is 17.3 Å². The van der Waals surface area contributed by atoms with E-state index in [0.29, 0.717) is 29.9 Å². The molecule has 3 aromatic rings. The van der Waals surface area contributed by atoms with E-state index in [1.165, 1.54) is 5.75 Å². The molecular formula is C28H37N5O3S. The number of rotatable bonds is 11. The number of anilines is 2. The number of nitrogens with zero attached hydrogens (tertiary/aromatic N) is 3. The maximum atomic E-state index is 11.0. The maximum Gasteiger partial charge on any atom is 0.293 e. The highest BCUT2D eigenvalue weighted by atomic mass is 32.2. The molecule has 1 saturated carbocycles. The van der Waals surface area contributed by atoms with E-state index in [2.05, 4.69) is 21.5 Å². The van der Waals surface area contributed by atoms with Crippen LogP contribution in [-0.4, -0.2) is 45.1 Å². The number of nitrogens with one attached hydrogen (secondary N) is 1. The summed E-state index contributed by atoms with van der Waals surface area (Å²) in [4.78, 5) is 25.1. The number of nitrogens with two attached hydrogens (primary N) is 1. The number of pyridine rings is 3. The second-order valence-electron chi connectivity index (χ2n) is 10.5. The molecular weight excluding hydrogens is 486 g/mol. The summed E-state index contributed by atoms with van der Waals surface area (Å²) in [5.74, 6) is 3.68. The molecule has 0 aliphatic heterocycles. The van der Waals surface area contributed by atoms with Crippen LogP contribution >= 0.6 is 11.8 Å².